The number of aromatic nitrogens is 1. The van der Waals surface area contributed by atoms with Crippen molar-refractivity contribution in [1.29, 1.82) is 0 Å². The van der Waals surface area contributed by atoms with E-state index >= 15 is 0 Å². The van der Waals surface area contributed by atoms with Gasteiger partial charge in [0.2, 0.25) is 5.91 Å². The molecule has 2 aromatic rings. The summed E-state index contributed by atoms with van der Waals surface area (Å²) in [6.45, 7) is 3.55. The van der Waals surface area contributed by atoms with E-state index in [0.717, 1.165) is 42.5 Å². The molecule has 3 rings (SSSR count). The molecule has 0 spiro atoms. The zero-order chi connectivity index (χ0) is 14.0. The molecule has 0 aliphatic carbocycles. The Labute approximate surface area is 118 Å². The van der Waals surface area contributed by atoms with Crippen molar-refractivity contribution in [3.63, 3.8) is 0 Å². The van der Waals surface area contributed by atoms with Crippen molar-refractivity contribution in [2.24, 2.45) is 0 Å². The Balaban J connectivity index is 1.69. The van der Waals surface area contributed by atoms with E-state index < -0.39 is 0 Å². The number of carbonyl (C=O) groups excluding carboxylic acids is 1. The fourth-order valence-corrected chi connectivity index (χ4v) is 2.78. The Kier molecular flexibility index (Phi) is 3.49. The Hall–Kier alpha value is -1.81. The number of benzene rings is 1. The standard InChI is InChI=1S/C16H20N2O2/c1-16(6-8-20-9-7-16)18-15(19)10-12-11-17-14-5-3-2-4-13(12)14/h2-5,11,17H,6-10H2,1H3,(H,18,19). The van der Waals surface area contributed by atoms with Crippen LogP contribution in [0.2, 0.25) is 0 Å². The minimum atomic E-state index is -0.124. The summed E-state index contributed by atoms with van der Waals surface area (Å²) in [6, 6.07) is 8.06. The van der Waals surface area contributed by atoms with E-state index in [1.165, 1.54) is 0 Å². The molecule has 4 nitrogen and oxygen atoms in total. The van der Waals surface area contributed by atoms with Crippen LogP contribution in [0.3, 0.4) is 0 Å². The number of carbonyl (C=O) groups is 1. The van der Waals surface area contributed by atoms with Gasteiger partial charge in [-0.15, -0.1) is 0 Å². The highest BCUT2D eigenvalue weighted by atomic mass is 16.5. The molecule has 2 N–H and O–H groups in total. The lowest BCUT2D eigenvalue weighted by Crippen LogP contribution is -2.50. The summed E-state index contributed by atoms with van der Waals surface area (Å²) in [6.07, 6.45) is 4.11. The predicted octanol–water partition coefficient (Wildman–Crippen LogP) is 2.40. The number of hydrogen-bond donors (Lipinski definition) is 2. The van der Waals surface area contributed by atoms with Crippen LogP contribution in [0.1, 0.15) is 25.3 Å². The van der Waals surface area contributed by atoms with Gasteiger partial charge in [0.05, 0.1) is 6.42 Å². The van der Waals surface area contributed by atoms with Gasteiger partial charge in [0.1, 0.15) is 0 Å². The van der Waals surface area contributed by atoms with Gasteiger partial charge in [0.25, 0.3) is 0 Å². The van der Waals surface area contributed by atoms with Crippen molar-refractivity contribution in [3.8, 4) is 0 Å². The number of para-hydroxylation sites is 1. The number of fused-ring (bicyclic) bond motifs is 1. The van der Waals surface area contributed by atoms with Gasteiger partial charge < -0.3 is 15.0 Å². The number of hydrogen-bond acceptors (Lipinski definition) is 2. The van der Waals surface area contributed by atoms with Gasteiger partial charge >= 0.3 is 0 Å². The van der Waals surface area contributed by atoms with Crippen molar-refractivity contribution < 1.29 is 9.53 Å². The minimum absolute atomic E-state index is 0.0825. The third kappa shape index (κ3) is 2.70. The van der Waals surface area contributed by atoms with E-state index in [2.05, 4.69) is 17.2 Å². The van der Waals surface area contributed by atoms with E-state index in [0.29, 0.717) is 6.42 Å². The molecule has 0 radical (unpaired) electrons. The van der Waals surface area contributed by atoms with Crippen molar-refractivity contribution >= 4 is 16.8 Å². The summed E-state index contributed by atoms with van der Waals surface area (Å²) in [7, 11) is 0. The van der Waals surface area contributed by atoms with Crippen LogP contribution in [-0.4, -0.2) is 29.6 Å². The summed E-state index contributed by atoms with van der Waals surface area (Å²) in [5.74, 6) is 0.0825. The zero-order valence-corrected chi connectivity index (χ0v) is 11.7. The number of ether oxygens (including phenoxy) is 1. The van der Waals surface area contributed by atoms with Crippen molar-refractivity contribution in [2.75, 3.05) is 13.2 Å². The molecule has 0 bridgehead atoms. The number of rotatable bonds is 3. The Morgan fingerprint density at radius 2 is 2.10 bits per heavy atom. The van der Waals surface area contributed by atoms with Crippen LogP contribution < -0.4 is 5.32 Å². The van der Waals surface area contributed by atoms with Crippen LogP contribution in [0.4, 0.5) is 0 Å². The van der Waals surface area contributed by atoms with Gasteiger partial charge in [-0.3, -0.25) is 4.79 Å². The van der Waals surface area contributed by atoms with Crippen LogP contribution >= 0.6 is 0 Å². The number of nitrogens with one attached hydrogen (secondary N) is 2. The van der Waals surface area contributed by atoms with Crippen molar-refractivity contribution in [3.05, 3.63) is 36.0 Å². The average Bonchev–Trinajstić information content (AvgIpc) is 2.82. The molecule has 0 saturated carbocycles. The number of H-pyrrole nitrogens is 1. The Morgan fingerprint density at radius 3 is 2.90 bits per heavy atom. The maximum absolute atomic E-state index is 12.3. The first-order chi connectivity index (χ1) is 9.66. The van der Waals surface area contributed by atoms with E-state index in [1.54, 1.807) is 0 Å². The molecular weight excluding hydrogens is 252 g/mol. The molecule has 2 heterocycles. The number of amides is 1. The molecule has 1 fully saturated rings. The first-order valence-corrected chi connectivity index (χ1v) is 7.10. The number of aromatic amines is 1. The lowest BCUT2D eigenvalue weighted by Gasteiger charge is -2.34. The largest absolute Gasteiger partial charge is 0.381 e. The predicted molar refractivity (Wildman–Crippen MR) is 78.6 cm³/mol. The van der Waals surface area contributed by atoms with Crippen molar-refractivity contribution in [1.82, 2.24) is 10.3 Å². The summed E-state index contributed by atoms with van der Waals surface area (Å²) < 4.78 is 5.35. The van der Waals surface area contributed by atoms with Gasteiger partial charge in [-0.1, -0.05) is 18.2 Å². The van der Waals surface area contributed by atoms with E-state index in [1.807, 2.05) is 30.5 Å². The van der Waals surface area contributed by atoms with Crippen LogP contribution in [0, 0.1) is 0 Å². The second-order valence-electron chi connectivity index (χ2n) is 5.76. The molecule has 1 aromatic carbocycles. The zero-order valence-electron chi connectivity index (χ0n) is 11.7. The molecule has 1 saturated heterocycles. The maximum atomic E-state index is 12.3. The SMILES string of the molecule is CC1(NC(=O)Cc2c[nH]c3ccccc23)CCOCC1. The van der Waals surface area contributed by atoms with Crippen molar-refractivity contribution in [2.45, 2.75) is 31.7 Å². The molecule has 1 aliphatic heterocycles. The van der Waals surface area contributed by atoms with Gasteiger partial charge in [0.15, 0.2) is 0 Å². The highest BCUT2D eigenvalue weighted by Gasteiger charge is 2.28. The monoisotopic (exact) mass is 272 g/mol. The molecule has 1 amide bonds. The molecule has 1 aromatic heterocycles. The fourth-order valence-electron chi connectivity index (χ4n) is 2.78. The highest BCUT2D eigenvalue weighted by Crippen LogP contribution is 2.21. The Bertz CT molecular complexity index is 612. The van der Waals surface area contributed by atoms with Crippen LogP contribution in [0.25, 0.3) is 10.9 Å². The van der Waals surface area contributed by atoms with Crippen LogP contribution in [0.5, 0.6) is 0 Å². The summed E-state index contributed by atoms with van der Waals surface area (Å²) in [5.41, 5.74) is 2.00. The highest BCUT2D eigenvalue weighted by molar-refractivity contribution is 5.89. The topological polar surface area (TPSA) is 54.1 Å². The fraction of sp³-hybridized carbons (Fsp3) is 0.438. The van der Waals surface area contributed by atoms with Crippen LogP contribution in [0.15, 0.2) is 30.5 Å². The summed E-state index contributed by atoms with van der Waals surface area (Å²) >= 11 is 0. The third-order valence-corrected chi connectivity index (χ3v) is 4.06. The van der Waals surface area contributed by atoms with Crippen LogP contribution in [-0.2, 0) is 16.0 Å². The van der Waals surface area contributed by atoms with Gasteiger partial charge in [-0.05, 0) is 31.4 Å². The molecule has 4 heteroatoms. The molecule has 0 unspecified atom stereocenters. The lowest BCUT2D eigenvalue weighted by atomic mass is 9.92. The summed E-state index contributed by atoms with van der Waals surface area (Å²) in [4.78, 5) is 15.5. The second kappa shape index (κ2) is 5.29. The first kappa shape index (κ1) is 13.2. The molecule has 106 valence electrons. The quantitative estimate of drug-likeness (QED) is 0.901. The normalized spacial score (nSPS) is 18.1. The smallest absolute Gasteiger partial charge is 0.224 e. The molecular formula is C16H20N2O2. The molecule has 0 atom stereocenters. The summed E-state index contributed by atoms with van der Waals surface area (Å²) in [5, 5.41) is 4.29. The first-order valence-electron chi connectivity index (χ1n) is 7.10. The van der Waals surface area contributed by atoms with Gasteiger partial charge in [0, 0.05) is 35.9 Å². The second-order valence-corrected chi connectivity index (χ2v) is 5.76. The molecule has 20 heavy (non-hydrogen) atoms. The average molecular weight is 272 g/mol. The van der Waals surface area contributed by atoms with E-state index in [9.17, 15) is 4.79 Å². The van der Waals surface area contributed by atoms with Gasteiger partial charge in [-0.2, -0.15) is 0 Å². The van der Waals surface area contributed by atoms with Gasteiger partial charge in [-0.25, -0.2) is 0 Å². The van der Waals surface area contributed by atoms with E-state index in [-0.39, 0.29) is 11.4 Å². The van der Waals surface area contributed by atoms with E-state index in [4.69, 9.17) is 4.74 Å². The Morgan fingerprint density at radius 1 is 1.35 bits per heavy atom. The lowest BCUT2D eigenvalue weighted by molar-refractivity contribution is -0.123. The maximum Gasteiger partial charge on any atom is 0.224 e. The minimum Gasteiger partial charge on any atom is -0.381 e. The molecule has 1 aliphatic rings. The third-order valence-electron chi connectivity index (χ3n) is 4.06.